The molecule has 2 heteroatoms. The van der Waals surface area contributed by atoms with Crippen LogP contribution in [-0.4, -0.2) is 0 Å². The third-order valence-electron chi connectivity index (χ3n) is 9.03. The summed E-state index contributed by atoms with van der Waals surface area (Å²) in [7, 11) is 0. The van der Waals surface area contributed by atoms with Crippen LogP contribution in [0.15, 0.2) is 216 Å². The fourth-order valence-corrected chi connectivity index (χ4v) is 6.82. The second kappa shape index (κ2) is 14.2. The molecular formula is C48H34N2. The zero-order valence-corrected chi connectivity index (χ0v) is 27.5. The van der Waals surface area contributed by atoms with Crippen LogP contribution < -0.4 is 0 Å². The lowest BCUT2D eigenvalue weighted by atomic mass is 9.77. The molecule has 0 heterocycles. The predicted molar refractivity (Wildman–Crippen MR) is 210 cm³/mol. The SMILES string of the molecule is c1ccc(-c2ccccc2N=Nc2c(-c3ccccc3)c(-c3ccccc3)c(-c3ccccc3)c(-c3ccccc3)c2-c2ccccc2)cc1. The summed E-state index contributed by atoms with van der Waals surface area (Å²) in [5.41, 5.74) is 14.7. The van der Waals surface area contributed by atoms with Crippen LogP contribution in [0.2, 0.25) is 0 Å². The molecule has 50 heavy (non-hydrogen) atoms. The highest BCUT2D eigenvalue weighted by Gasteiger charge is 2.28. The summed E-state index contributed by atoms with van der Waals surface area (Å²) < 4.78 is 0. The molecule has 0 saturated carbocycles. The van der Waals surface area contributed by atoms with E-state index < -0.39 is 0 Å². The van der Waals surface area contributed by atoms with Gasteiger partial charge in [0.1, 0.15) is 5.69 Å². The van der Waals surface area contributed by atoms with E-state index in [1.807, 2.05) is 18.2 Å². The summed E-state index contributed by atoms with van der Waals surface area (Å²) in [6.45, 7) is 0. The molecule has 8 aromatic rings. The van der Waals surface area contributed by atoms with E-state index >= 15 is 0 Å². The molecule has 0 bridgehead atoms. The Balaban J connectivity index is 1.58. The van der Waals surface area contributed by atoms with Gasteiger partial charge in [0.2, 0.25) is 0 Å². The maximum absolute atomic E-state index is 5.35. The summed E-state index contributed by atoms with van der Waals surface area (Å²) in [6.07, 6.45) is 0. The molecule has 8 aromatic carbocycles. The average molecular weight is 639 g/mol. The lowest BCUT2D eigenvalue weighted by molar-refractivity contribution is 1.23. The standard InChI is InChI=1S/C48H34N2/c1-7-21-35(22-8-1)41-33-19-20-34-42(41)49-50-48-46(39-29-15-5-16-30-39)44(37-25-11-3-12-26-37)43(36-23-9-2-10-24-36)45(38-27-13-4-14-28-38)47(48)40-31-17-6-18-32-40/h1-34H. The Hall–Kier alpha value is -6.64. The van der Waals surface area contributed by atoms with Crippen molar-refractivity contribution in [3.63, 3.8) is 0 Å². The van der Waals surface area contributed by atoms with Crippen molar-refractivity contribution in [3.05, 3.63) is 206 Å². The van der Waals surface area contributed by atoms with Crippen molar-refractivity contribution in [1.82, 2.24) is 0 Å². The molecule has 0 unspecified atom stereocenters. The predicted octanol–water partition coefficient (Wildman–Crippen LogP) is 14.1. The first-order valence-electron chi connectivity index (χ1n) is 16.9. The van der Waals surface area contributed by atoms with Gasteiger partial charge in [-0.25, -0.2) is 0 Å². The zero-order chi connectivity index (χ0) is 33.5. The fourth-order valence-electron chi connectivity index (χ4n) is 6.82. The normalized spacial score (nSPS) is 11.1. The number of hydrogen-bond donors (Lipinski definition) is 0. The first-order chi connectivity index (χ1) is 24.9. The molecule has 0 aliphatic carbocycles. The van der Waals surface area contributed by atoms with Crippen LogP contribution in [0.5, 0.6) is 0 Å². The van der Waals surface area contributed by atoms with Crippen LogP contribution in [-0.2, 0) is 0 Å². The second-order valence-electron chi connectivity index (χ2n) is 12.1. The number of rotatable bonds is 8. The molecule has 0 N–H and O–H groups in total. The number of hydrogen-bond acceptors (Lipinski definition) is 2. The lowest BCUT2D eigenvalue weighted by Gasteiger charge is -2.26. The molecule has 0 aliphatic heterocycles. The quantitative estimate of drug-likeness (QED) is 0.148. The van der Waals surface area contributed by atoms with Crippen LogP contribution in [0, 0.1) is 0 Å². The van der Waals surface area contributed by atoms with Crippen molar-refractivity contribution in [2.45, 2.75) is 0 Å². The smallest absolute Gasteiger partial charge is 0.103 e. The number of nitrogens with zero attached hydrogens (tertiary/aromatic N) is 2. The Labute approximate surface area is 293 Å². The summed E-state index contributed by atoms with van der Waals surface area (Å²) in [5.74, 6) is 0. The minimum atomic E-state index is 0.811. The Bertz CT molecular complexity index is 2270. The molecule has 0 amide bonds. The van der Waals surface area contributed by atoms with Crippen molar-refractivity contribution >= 4 is 11.4 Å². The van der Waals surface area contributed by atoms with E-state index in [0.717, 1.165) is 78.1 Å². The number of azo groups is 1. The van der Waals surface area contributed by atoms with Crippen molar-refractivity contribution < 1.29 is 0 Å². The highest BCUT2D eigenvalue weighted by molar-refractivity contribution is 6.13. The van der Waals surface area contributed by atoms with E-state index in [1.165, 1.54) is 0 Å². The summed E-state index contributed by atoms with van der Waals surface area (Å²) in [6, 6.07) is 72.1. The Morgan fingerprint density at radius 1 is 0.220 bits per heavy atom. The summed E-state index contributed by atoms with van der Waals surface area (Å²) in [4.78, 5) is 0. The van der Waals surface area contributed by atoms with Crippen LogP contribution >= 0.6 is 0 Å². The van der Waals surface area contributed by atoms with Crippen molar-refractivity contribution in [2.75, 3.05) is 0 Å². The molecule has 0 aliphatic rings. The van der Waals surface area contributed by atoms with E-state index in [2.05, 4.69) is 188 Å². The van der Waals surface area contributed by atoms with Gasteiger partial charge in [-0.1, -0.05) is 200 Å². The van der Waals surface area contributed by atoms with Crippen LogP contribution in [0.3, 0.4) is 0 Å². The van der Waals surface area contributed by atoms with Crippen molar-refractivity contribution in [3.8, 4) is 66.8 Å². The zero-order valence-electron chi connectivity index (χ0n) is 27.5. The first kappa shape index (κ1) is 30.7. The maximum atomic E-state index is 5.35. The average Bonchev–Trinajstić information content (AvgIpc) is 3.21. The molecule has 0 aromatic heterocycles. The molecule has 2 nitrogen and oxygen atoms in total. The van der Waals surface area contributed by atoms with E-state index in [1.54, 1.807) is 0 Å². The van der Waals surface area contributed by atoms with Crippen LogP contribution in [0.25, 0.3) is 66.8 Å². The Kier molecular flexibility index (Phi) is 8.73. The third-order valence-corrected chi connectivity index (χ3v) is 9.03. The van der Waals surface area contributed by atoms with Gasteiger partial charge in [-0.2, -0.15) is 0 Å². The Morgan fingerprint density at radius 2 is 0.500 bits per heavy atom. The molecule has 0 spiro atoms. The maximum Gasteiger partial charge on any atom is 0.103 e. The first-order valence-corrected chi connectivity index (χ1v) is 16.9. The van der Waals surface area contributed by atoms with Gasteiger partial charge in [0, 0.05) is 27.8 Å². The second-order valence-corrected chi connectivity index (χ2v) is 12.1. The highest BCUT2D eigenvalue weighted by Crippen LogP contribution is 2.56. The minimum Gasteiger partial charge on any atom is -0.150 e. The molecule has 0 atom stereocenters. The van der Waals surface area contributed by atoms with E-state index in [4.69, 9.17) is 10.2 Å². The highest BCUT2D eigenvalue weighted by atomic mass is 15.1. The monoisotopic (exact) mass is 638 g/mol. The van der Waals surface area contributed by atoms with Gasteiger partial charge in [-0.05, 0) is 45.0 Å². The molecule has 0 fully saturated rings. The van der Waals surface area contributed by atoms with Gasteiger partial charge in [0.25, 0.3) is 0 Å². The van der Waals surface area contributed by atoms with E-state index in [0.29, 0.717) is 0 Å². The molecule has 0 saturated heterocycles. The largest absolute Gasteiger partial charge is 0.150 e. The van der Waals surface area contributed by atoms with Crippen molar-refractivity contribution in [1.29, 1.82) is 0 Å². The van der Waals surface area contributed by atoms with Gasteiger partial charge < -0.3 is 0 Å². The molecular weight excluding hydrogens is 605 g/mol. The minimum absolute atomic E-state index is 0.811. The van der Waals surface area contributed by atoms with Gasteiger partial charge >= 0.3 is 0 Å². The van der Waals surface area contributed by atoms with Gasteiger partial charge in [-0.15, -0.1) is 10.2 Å². The summed E-state index contributed by atoms with van der Waals surface area (Å²) >= 11 is 0. The van der Waals surface area contributed by atoms with Crippen LogP contribution in [0.1, 0.15) is 0 Å². The van der Waals surface area contributed by atoms with Gasteiger partial charge in [-0.3, -0.25) is 0 Å². The van der Waals surface area contributed by atoms with Gasteiger partial charge in [0.05, 0.1) is 5.69 Å². The van der Waals surface area contributed by atoms with Gasteiger partial charge in [0.15, 0.2) is 0 Å². The van der Waals surface area contributed by atoms with Crippen molar-refractivity contribution in [2.24, 2.45) is 10.2 Å². The van der Waals surface area contributed by atoms with E-state index in [9.17, 15) is 0 Å². The molecule has 0 radical (unpaired) electrons. The fraction of sp³-hybridized carbons (Fsp3) is 0. The third kappa shape index (κ3) is 6.07. The topological polar surface area (TPSA) is 24.7 Å². The lowest BCUT2D eigenvalue weighted by Crippen LogP contribution is -1.99. The number of benzene rings is 8. The Morgan fingerprint density at radius 3 is 0.880 bits per heavy atom. The van der Waals surface area contributed by atoms with E-state index in [-0.39, 0.29) is 0 Å². The summed E-state index contributed by atoms with van der Waals surface area (Å²) in [5, 5.41) is 10.5. The molecule has 236 valence electrons. The van der Waals surface area contributed by atoms with Crippen LogP contribution in [0.4, 0.5) is 11.4 Å². The molecule has 8 rings (SSSR count).